The Morgan fingerprint density at radius 3 is 2.08 bits per heavy atom. The zero-order chi connectivity index (χ0) is 9.56. The van der Waals surface area contributed by atoms with E-state index in [1.807, 2.05) is 0 Å². The van der Waals surface area contributed by atoms with Gasteiger partial charge in [0.2, 0.25) is 0 Å². The minimum atomic E-state index is -0.976. The van der Waals surface area contributed by atoms with Crippen molar-refractivity contribution >= 4 is 11.9 Å². The van der Waals surface area contributed by atoms with Gasteiger partial charge in [0.05, 0.1) is 6.42 Å². The standard InChI is InChI=1S/C6H13N3O3/c1-7-9(8-2)5(10)3-4-6(11)12/h7-8H,3-4H2,1-2H3,(H,11,12). The molecule has 0 saturated carbocycles. The van der Waals surface area contributed by atoms with Gasteiger partial charge in [0.15, 0.2) is 0 Å². The Bertz CT molecular complexity index is 167. The van der Waals surface area contributed by atoms with Crippen LogP contribution >= 0.6 is 0 Å². The van der Waals surface area contributed by atoms with Gasteiger partial charge in [-0.25, -0.2) is 16.0 Å². The van der Waals surface area contributed by atoms with Crippen molar-refractivity contribution in [2.75, 3.05) is 14.1 Å². The van der Waals surface area contributed by atoms with Crippen LogP contribution in [0.4, 0.5) is 0 Å². The lowest BCUT2D eigenvalue weighted by Crippen LogP contribution is -2.48. The van der Waals surface area contributed by atoms with Gasteiger partial charge >= 0.3 is 5.97 Å². The highest BCUT2D eigenvalue weighted by Gasteiger charge is 2.10. The first-order valence-corrected chi connectivity index (χ1v) is 3.51. The summed E-state index contributed by atoms with van der Waals surface area (Å²) in [5.41, 5.74) is 5.11. The van der Waals surface area contributed by atoms with Crippen LogP contribution in [0.3, 0.4) is 0 Å². The number of hydrazine groups is 2. The molecule has 1 amide bonds. The number of hydrogen-bond acceptors (Lipinski definition) is 4. The first-order chi connectivity index (χ1) is 5.61. The molecule has 0 aliphatic carbocycles. The topological polar surface area (TPSA) is 81.7 Å². The zero-order valence-corrected chi connectivity index (χ0v) is 7.13. The molecule has 0 atom stereocenters. The molecule has 0 heterocycles. The summed E-state index contributed by atoms with van der Waals surface area (Å²) in [6.07, 6.45) is -0.171. The van der Waals surface area contributed by atoms with Crippen molar-refractivity contribution in [3.05, 3.63) is 0 Å². The molecule has 12 heavy (non-hydrogen) atoms. The highest BCUT2D eigenvalue weighted by Crippen LogP contribution is 1.92. The van der Waals surface area contributed by atoms with Crippen molar-refractivity contribution in [1.29, 1.82) is 0 Å². The Kier molecular flexibility index (Phi) is 4.98. The minimum Gasteiger partial charge on any atom is -0.481 e. The highest BCUT2D eigenvalue weighted by atomic mass is 16.4. The number of nitrogens with one attached hydrogen (secondary N) is 2. The van der Waals surface area contributed by atoms with Crippen LogP contribution in [0.15, 0.2) is 0 Å². The van der Waals surface area contributed by atoms with Gasteiger partial charge in [0, 0.05) is 20.5 Å². The van der Waals surface area contributed by atoms with E-state index in [1.54, 1.807) is 14.1 Å². The number of carbonyl (C=O) groups excluding carboxylic acids is 1. The molecule has 0 aromatic heterocycles. The van der Waals surface area contributed by atoms with E-state index in [9.17, 15) is 9.59 Å². The second-order valence-corrected chi connectivity index (χ2v) is 2.07. The molecule has 0 unspecified atom stereocenters. The van der Waals surface area contributed by atoms with Gasteiger partial charge in [-0.3, -0.25) is 9.59 Å². The van der Waals surface area contributed by atoms with Crippen molar-refractivity contribution in [3.8, 4) is 0 Å². The number of hydrogen-bond donors (Lipinski definition) is 3. The number of amides is 1. The van der Waals surface area contributed by atoms with Crippen LogP contribution in [-0.4, -0.2) is 36.2 Å². The molecule has 0 aliphatic heterocycles. The van der Waals surface area contributed by atoms with E-state index in [0.717, 1.165) is 5.12 Å². The maximum atomic E-state index is 11.0. The molecule has 0 aromatic rings. The maximum Gasteiger partial charge on any atom is 0.303 e. The Balaban J connectivity index is 3.77. The molecule has 0 radical (unpaired) electrons. The Morgan fingerprint density at radius 1 is 1.25 bits per heavy atom. The SMILES string of the molecule is CNN(NC)C(=O)CCC(=O)O. The number of carbonyl (C=O) groups is 2. The molecule has 0 fully saturated rings. The summed E-state index contributed by atoms with van der Waals surface area (Å²) in [6, 6.07) is 0. The van der Waals surface area contributed by atoms with Gasteiger partial charge in [-0.2, -0.15) is 0 Å². The molecule has 0 aromatic carbocycles. The fourth-order valence-electron chi connectivity index (χ4n) is 0.687. The number of carboxylic acid groups (broad SMARTS) is 1. The summed E-state index contributed by atoms with van der Waals surface area (Å²) in [5, 5.41) is 9.41. The lowest BCUT2D eigenvalue weighted by molar-refractivity contribution is -0.143. The molecule has 70 valence electrons. The molecule has 0 spiro atoms. The number of carboxylic acids is 1. The third kappa shape index (κ3) is 3.89. The summed E-state index contributed by atoms with van der Waals surface area (Å²) >= 11 is 0. The first-order valence-electron chi connectivity index (χ1n) is 3.51. The fourth-order valence-corrected chi connectivity index (χ4v) is 0.687. The molecule has 6 heteroatoms. The van der Waals surface area contributed by atoms with Crippen LogP contribution in [0.5, 0.6) is 0 Å². The van der Waals surface area contributed by atoms with E-state index in [2.05, 4.69) is 10.9 Å². The van der Waals surface area contributed by atoms with Crippen LogP contribution in [0, 0.1) is 0 Å². The summed E-state index contributed by atoms with van der Waals surface area (Å²) in [4.78, 5) is 21.1. The third-order valence-electron chi connectivity index (χ3n) is 1.25. The number of rotatable bonds is 5. The summed E-state index contributed by atoms with van der Waals surface area (Å²) < 4.78 is 0. The fraction of sp³-hybridized carbons (Fsp3) is 0.667. The first kappa shape index (κ1) is 10.9. The Labute approximate surface area is 70.5 Å². The van der Waals surface area contributed by atoms with Crippen LogP contribution in [0.25, 0.3) is 0 Å². The highest BCUT2D eigenvalue weighted by molar-refractivity contribution is 5.79. The van der Waals surface area contributed by atoms with Gasteiger partial charge in [0.25, 0.3) is 5.91 Å². The Hall–Kier alpha value is -1.14. The second-order valence-electron chi connectivity index (χ2n) is 2.07. The van der Waals surface area contributed by atoms with Crippen LogP contribution < -0.4 is 10.9 Å². The predicted molar refractivity (Wildman–Crippen MR) is 41.8 cm³/mol. The Morgan fingerprint density at radius 2 is 1.75 bits per heavy atom. The molecule has 0 aliphatic rings. The van der Waals surface area contributed by atoms with Crippen LogP contribution in [-0.2, 0) is 9.59 Å². The van der Waals surface area contributed by atoms with E-state index in [1.165, 1.54) is 0 Å². The van der Waals surface area contributed by atoms with E-state index >= 15 is 0 Å². The predicted octanol–water partition coefficient (Wildman–Crippen LogP) is -1.05. The van der Waals surface area contributed by atoms with Crippen molar-refractivity contribution in [3.63, 3.8) is 0 Å². The summed E-state index contributed by atoms with van der Waals surface area (Å²) in [7, 11) is 3.13. The third-order valence-corrected chi connectivity index (χ3v) is 1.25. The summed E-state index contributed by atoms with van der Waals surface area (Å²) in [5.74, 6) is -1.28. The molecule has 6 nitrogen and oxygen atoms in total. The van der Waals surface area contributed by atoms with Crippen molar-refractivity contribution < 1.29 is 14.7 Å². The molecule has 0 bridgehead atoms. The normalized spacial score (nSPS) is 9.50. The smallest absolute Gasteiger partial charge is 0.303 e. The second kappa shape index (κ2) is 5.50. The number of aliphatic carboxylic acids is 1. The summed E-state index contributed by atoms with van der Waals surface area (Å²) in [6.45, 7) is 0. The minimum absolute atomic E-state index is 0.0169. The van der Waals surface area contributed by atoms with Gasteiger partial charge in [-0.15, -0.1) is 0 Å². The lowest BCUT2D eigenvalue weighted by atomic mass is 10.3. The van der Waals surface area contributed by atoms with Gasteiger partial charge in [0.1, 0.15) is 0 Å². The molecule has 3 N–H and O–H groups in total. The monoisotopic (exact) mass is 175 g/mol. The van der Waals surface area contributed by atoms with Gasteiger partial charge in [-0.05, 0) is 0 Å². The average molecular weight is 175 g/mol. The van der Waals surface area contributed by atoms with Gasteiger partial charge < -0.3 is 5.11 Å². The molecule has 0 rings (SSSR count). The quantitative estimate of drug-likeness (QED) is 0.464. The van der Waals surface area contributed by atoms with E-state index in [0.29, 0.717) is 0 Å². The zero-order valence-electron chi connectivity index (χ0n) is 7.13. The van der Waals surface area contributed by atoms with Crippen molar-refractivity contribution in [2.45, 2.75) is 12.8 Å². The van der Waals surface area contributed by atoms with Crippen LogP contribution in [0.1, 0.15) is 12.8 Å². The van der Waals surface area contributed by atoms with E-state index in [4.69, 9.17) is 5.11 Å². The molecular formula is C6H13N3O3. The molecule has 0 saturated heterocycles. The van der Waals surface area contributed by atoms with Crippen molar-refractivity contribution in [1.82, 2.24) is 16.0 Å². The largest absolute Gasteiger partial charge is 0.481 e. The van der Waals surface area contributed by atoms with Gasteiger partial charge in [-0.1, -0.05) is 0 Å². The maximum absolute atomic E-state index is 11.0. The van der Waals surface area contributed by atoms with E-state index in [-0.39, 0.29) is 18.7 Å². The van der Waals surface area contributed by atoms with E-state index < -0.39 is 5.97 Å². The average Bonchev–Trinajstić information content (AvgIpc) is 2.03. The molecular weight excluding hydrogens is 162 g/mol. The van der Waals surface area contributed by atoms with Crippen molar-refractivity contribution in [2.24, 2.45) is 0 Å². The van der Waals surface area contributed by atoms with Crippen LogP contribution in [0.2, 0.25) is 0 Å². The number of nitrogens with zero attached hydrogens (tertiary/aromatic N) is 1. The lowest BCUT2D eigenvalue weighted by Gasteiger charge is -2.18.